The average molecular weight is 454 g/mol. The van der Waals surface area contributed by atoms with Crippen molar-refractivity contribution in [2.45, 2.75) is 57.3 Å². The van der Waals surface area contributed by atoms with Gasteiger partial charge in [0.2, 0.25) is 12.7 Å². The molecule has 0 spiro atoms. The molecule has 5 rings (SSSR count). The number of amides is 1. The number of benzene rings is 2. The molecule has 1 aliphatic carbocycles. The average Bonchev–Trinajstić information content (AvgIpc) is 3.29. The molecule has 8 heteroatoms. The van der Waals surface area contributed by atoms with Crippen molar-refractivity contribution in [3.05, 3.63) is 53.5 Å². The Balaban J connectivity index is 1.48. The molecule has 0 saturated heterocycles. The summed E-state index contributed by atoms with van der Waals surface area (Å²) in [5, 5.41) is 22.6. The number of halogens is 1. The quantitative estimate of drug-likeness (QED) is 0.510. The minimum Gasteiger partial charge on any atom is -0.454 e. The van der Waals surface area contributed by atoms with Crippen LogP contribution in [-0.4, -0.2) is 33.8 Å². The molecule has 1 aromatic heterocycles. The van der Waals surface area contributed by atoms with Crippen LogP contribution in [0.3, 0.4) is 0 Å². The number of anilines is 1. The van der Waals surface area contributed by atoms with E-state index in [-0.39, 0.29) is 30.3 Å². The predicted molar refractivity (Wildman–Crippen MR) is 121 cm³/mol. The number of aliphatic hydroxyl groups excluding tert-OH is 1. The fraction of sp³-hybridized carbons (Fsp3) is 0.400. The Kier molecular flexibility index (Phi) is 4.91. The van der Waals surface area contributed by atoms with Crippen LogP contribution in [0.15, 0.2) is 36.4 Å². The van der Waals surface area contributed by atoms with Crippen LogP contribution in [0.2, 0.25) is 0 Å². The molecule has 0 atom stereocenters. The second-order valence-electron chi connectivity index (χ2n) is 9.87. The van der Waals surface area contributed by atoms with Gasteiger partial charge in [-0.1, -0.05) is 26.8 Å². The fourth-order valence-electron chi connectivity index (χ4n) is 4.57. The normalized spacial score (nSPS) is 16.5. The molecule has 1 fully saturated rings. The van der Waals surface area contributed by atoms with Gasteiger partial charge in [-0.25, -0.2) is 4.39 Å². The lowest BCUT2D eigenvalue weighted by atomic mass is 9.92. The SMILES string of the molecule is CC(C)(C)c1cc2cc(NC(=O)C3(c4ccc5c(c4)OCO5)CC3)c(F)cc2n1CC(O)O. The summed E-state index contributed by atoms with van der Waals surface area (Å²) in [4.78, 5) is 13.2. The molecule has 1 aliphatic heterocycles. The van der Waals surface area contributed by atoms with Gasteiger partial charge in [-0.3, -0.25) is 4.79 Å². The van der Waals surface area contributed by atoms with Crippen LogP contribution in [0.1, 0.15) is 44.9 Å². The van der Waals surface area contributed by atoms with Gasteiger partial charge in [0.25, 0.3) is 0 Å². The maximum atomic E-state index is 15.1. The highest BCUT2D eigenvalue weighted by Crippen LogP contribution is 2.51. The van der Waals surface area contributed by atoms with Gasteiger partial charge in [-0.2, -0.15) is 0 Å². The van der Waals surface area contributed by atoms with Crippen LogP contribution in [0.25, 0.3) is 10.9 Å². The highest BCUT2D eigenvalue weighted by Gasteiger charge is 2.52. The largest absolute Gasteiger partial charge is 0.454 e. The van der Waals surface area contributed by atoms with Gasteiger partial charge < -0.3 is 29.6 Å². The zero-order chi connectivity index (χ0) is 23.5. The van der Waals surface area contributed by atoms with Crippen molar-refractivity contribution in [2.24, 2.45) is 0 Å². The number of ether oxygens (including phenoxy) is 2. The number of carbonyl (C=O) groups excluding carboxylic acids is 1. The molecule has 0 bridgehead atoms. The summed E-state index contributed by atoms with van der Waals surface area (Å²) in [6.45, 7) is 6.09. The van der Waals surface area contributed by atoms with E-state index in [1.54, 1.807) is 16.7 Å². The number of fused-ring (bicyclic) bond motifs is 2. The minimum atomic E-state index is -1.57. The summed E-state index contributed by atoms with van der Waals surface area (Å²) in [7, 11) is 0. The van der Waals surface area contributed by atoms with E-state index in [2.05, 4.69) is 5.32 Å². The summed E-state index contributed by atoms with van der Waals surface area (Å²) in [6, 6.07) is 10.3. The van der Waals surface area contributed by atoms with Crippen LogP contribution in [0.4, 0.5) is 10.1 Å². The first-order valence-corrected chi connectivity index (χ1v) is 11.0. The van der Waals surface area contributed by atoms with Crippen LogP contribution in [0.5, 0.6) is 11.5 Å². The summed E-state index contributed by atoms with van der Waals surface area (Å²) in [6.07, 6.45) is -0.233. The van der Waals surface area contributed by atoms with Crippen molar-refractivity contribution >= 4 is 22.5 Å². The molecule has 0 radical (unpaired) electrons. The Morgan fingerprint density at radius 3 is 2.55 bits per heavy atom. The van der Waals surface area contributed by atoms with E-state index in [0.29, 0.717) is 35.2 Å². The summed E-state index contributed by atoms with van der Waals surface area (Å²) < 4.78 is 27.6. The first kappa shape index (κ1) is 21.7. The van der Waals surface area contributed by atoms with E-state index in [1.807, 2.05) is 39.0 Å². The summed E-state index contributed by atoms with van der Waals surface area (Å²) in [5.41, 5.74) is 1.29. The lowest BCUT2D eigenvalue weighted by Crippen LogP contribution is -2.28. The molecular formula is C25H27FN2O5. The van der Waals surface area contributed by atoms with Gasteiger partial charge >= 0.3 is 0 Å². The van der Waals surface area contributed by atoms with E-state index >= 15 is 4.39 Å². The molecule has 174 valence electrons. The Hall–Kier alpha value is -3.10. The molecule has 7 nitrogen and oxygen atoms in total. The Labute approximate surface area is 190 Å². The molecule has 2 aliphatic rings. The van der Waals surface area contributed by atoms with E-state index in [0.717, 1.165) is 11.3 Å². The maximum absolute atomic E-state index is 15.1. The molecule has 33 heavy (non-hydrogen) atoms. The molecular weight excluding hydrogens is 427 g/mol. The number of nitrogens with one attached hydrogen (secondary N) is 1. The van der Waals surface area contributed by atoms with E-state index < -0.39 is 17.5 Å². The van der Waals surface area contributed by atoms with E-state index in [1.165, 1.54) is 6.07 Å². The molecule has 2 aromatic carbocycles. The zero-order valence-corrected chi connectivity index (χ0v) is 18.8. The van der Waals surface area contributed by atoms with E-state index in [4.69, 9.17) is 9.47 Å². The van der Waals surface area contributed by atoms with Gasteiger partial charge in [0.05, 0.1) is 23.2 Å². The van der Waals surface area contributed by atoms with Gasteiger partial charge in [-0.15, -0.1) is 0 Å². The number of hydrogen-bond donors (Lipinski definition) is 3. The van der Waals surface area contributed by atoms with Crippen LogP contribution < -0.4 is 14.8 Å². The third-order valence-electron chi connectivity index (χ3n) is 6.46. The molecule has 1 saturated carbocycles. The second kappa shape index (κ2) is 7.46. The van der Waals surface area contributed by atoms with Crippen molar-refractivity contribution in [3.8, 4) is 11.5 Å². The van der Waals surface area contributed by atoms with Gasteiger partial charge in [0.15, 0.2) is 17.8 Å². The molecule has 0 unspecified atom stereocenters. The van der Waals surface area contributed by atoms with Crippen molar-refractivity contribution in [3.63, 3.8) is 0 Å². The number of carbonyl (C=O) groups is 1. The number of rotatable bonds is 5. The standard InChI is InChI=1S/C25H27FN2O5/c1-24(2,3)21-9-14-8-17(16(26)11-18(14)28(21)12-22(29)30)27-23(31)25(6-7-25)15-4-5-19-20(10-15)33-13-32-19/h4-5,8-11,22,29-30H,6-7,12-13H2,1-3H3,(H,27,31). The highest BCUT2D eigenvalue weighted by atomic mass is 19.1. The summed E-state index contributed by atoms with van der Waals surface area (Å²) in [5.74, 6) is 0.422. The molecule has 1 amide bonds. The third kappa shape index (κ3) is 3.73. The number of aromatic nitrogens is 1. The van der Waals surface area contributed by atoms with Crippen molar-refractivity contribution < 1.29 is 28.9 Å². The Morgan fingerprint density at radius 2 is 1.88 bits per heavy atom. The van der Waals surface area contributed by atoms with Gasteiger partial charge in [-0.05, 0) is 42.7 Å². The van der Waals surface area contributed by atoms with Crippen LogP contribution >= 0.6 is 0 Å². The molecule has 2 heterocycles. The molecule has 3 N–H and O–H groups in total. The fourth-order valence-corrected chi connectivity index (χ4v) is 4.57. The third-order valence-corrected chi connectivity index (χ3v) is 6.46. The Bertz CT molecular complexity index is 1250. The van der Waals surface area contributed by atoms with Crippen LogP contribution in [0, 0.1) is 5.82 Å². The number of nitrogens with zero attached hydrogens (tertiary/aromatic N) is 1. The van der Waals surface area contributed by atoms with Gasteiger partial charge in [0, 0.05) is 22.6 Å². The predicted octanol–water partition coefficient (Wildman–Crippen LogP) is 3.79. The topological polar surface area (TPSA) is 93.0 Å². The smallest absolute Gasteiger partial charge is 0.235 e. The number of aliphatic hydroxyl groups is 2. The Morgan fingerprint density at radius 1 is 1.15 bits per heavy atom. The highest BCUT2D eigenvalue weighted by molar-refractivity contribution is 6.02. The van der Waals surface area contributed by atoms with Crippen molar-refractivity contribution in [2.75, 3.05) is 12.1 Å². The zero-order valence-electron chi connectivity index (χ0n) is 18.8. The minimum absolute atomic E-state index is 0.0749. The first-order chi connectivity index (χ1) is 15.6. The lowest BCUT2D eigenvalue weighted by Gasteiger charge is -2.22. The summed E-state index contributed by atoms with van der Waals surface area (Å²) >= 11 is 0. The second-order valence-corrected chi connectivity index (χ2v) is 9.87. The maximum Gasteiger partial charge on any atom is 0.235 e. The lowest BCUT2D eigenvalue weighted by molar-refractivity contribution is -0.118. The van der Waals surface area contributed by atoms with Gasteiger partial charge in [0.1, 0.15) is 5.82 Å². The van der Waals surface area contributed by atoms with Crippen molar-refractivity contribution in [1.82, 2.24) is 4.57 Å². The number of hydrogen-bond acceptors (Lipinski definition) is 5. The van der Waals surface area contributed by atoms with Crippen molar-refractivity contribution in [1.29, 1.82) is 0 Å². The first-order valence-electron chi connectivity index (χ1n) is 11.0. The van der Waals surface area contributed by atoms with Crippen LogP contribution in [-0.2, 0) is 22.2 Å². The molecule has 3 aromatic rings. The van der Waals surface area contributed by atoms with E-state index in [9.17, 15) is 15.0 Å². The monoisotopic (exact) mass is 454 g/mol.